The number of carbonyl (C=O) groups is 1. The molecule has 1 N–H and O–H groups in total. The van der Waals surface area contributed by atoms with Crippen LogP contribution < -0.4 is 5.32 Å². The van der Waals surface area contributed by atoms with Gasteiger partial charge in [-0.3, -0.25) is 9.69 Å². The van der Waals surface area contributed by atoms with Gasteiger partial charge in [0.1, 0.15) is 16.5 Å². The van der Waals surface area contributed by atoms with Gasteiger partial charge in [-0.25, -0.2) is 17.2 Å². The Morgan fingerprint density at radius 3 is 2.44 bits per heavy atom. The minimum absolute atomic E-state index is 0.0602. The molecule has 25 heavy (non-hydrogen) atoms. The molecule has 1 saturated heterocycles. The van der Waals surface area contributed by atoms with Gasteiger partial charge < -0.3 is 5.32 Å². The summed E-state index contributed by atoms with van der Waals surface area (Å²) in [5.74, 6) is -1.83. The van der Waals surface area contributed by atoms with Crippen LogP contribution in [0, 0.1) is 11.6 Å². The maximum atomic E-state index is 13.8. The number of hydrogen-bond donors (Lipinski definition) is 1. The zero-order valence-electron chi connectivity index (χ0n) is 13.9. The predicted molar refractivity (Wildman–Crippen MR) is 87.3 cm³/mol. The molecule has 2 fully saturated rings. The van der Waals surface area contributed by atoms with E-state index in [1.54, 1.807) is 6.92 Å². The molecule has 1 heterocycles. The van der Waals surface area contributed by atoms with Crippen LogP contribution in [0.1, 0.15) is 19.8 Å². The van der Waals surface area contributed by atoms with Gasteiger partial charge in [-0.05, 0) is 38.0 Å². The Balaban J connectivity index is 1.64. The Morgan fingerprint density at radius 1 is 1.20 bits per heavy atom. The molecule has 9 heteroatoms. The third-order valence-corrected chi connectivity index (χ3v) is 6.55. The molecule has 1 atom stereocenters. The summed E-state index contributed by atoms with van der Waals surface area (Å²) in [7, 11) is -4.10. The van der Waals surface area contributed by atoms with Gasteiger partial charge in [0, 0.05) is 32.2 Å². The van der Waals surface area contributed by atoms with E-state index in [1.807, 2.05) is 4.90 Å². The van der Waals surface area contributed by atoms with E-state index in [0.717, 1.165) is 29.3 Å². The van der Waals surface area contributed by atoms with Crippen molar-refractivity contribution in [2.24, 2.45) is 0 Å². The molecule has 1 aromatic carbocycles. The molecule has 0 bridgehead atoms. The Bertz CT molecular complexity index is 760. The summed E-state index contributed by atoms with van der Waals surface area (Å²) in [6.45, 7) is 2.75. The zero-order chi connectivity index (χ0) is 18.2. The fourth-order valence-electron chi connectivity index (χ4n) is 2.86. The second kappa shape index (κ2) is 6.97. The van der Waals surface area contributed by atoms with Gasteiger partial charge >= 0.3 is 0 Å². The molecule has 0 aromatic heterocycles. The van der Waals surface area contributed by atoms with Gasteiger partial charge in [0.15, 0.2) is 0 Å². The lowest BCUT2D eigenvalue weighted by atomic mass is 10.2. The highest BCUT2D eigenvalue weighted by atomic mass is 32.2. The van der Waals surface area contributed by atoms with Crippen LogP contribution >= 0.6 is 0 Å². The summed E-state index contributed by atoms with van der Waals surface area (Å²) in [5.41, 5.74) is 0. The van der Waals surface area contributed by atoms with E-state index in [1.165, 1.54) is 0 Å². The van der Waals surface area contributed by atoms with Gasteiger partial charge in [0.05, 0.1) is 6.04 Å². The van der Waals surface area contributed by atoms with Crippen LogP contribution in [0.3, 0.4) is 0 Å². The Kier molecular flexibility index (Phi) is 5.08. The van der Waals surface area contributed by atoms with Gasteiger partial charge in [0.25, 0.3) is 0 Å². The molecule has 3 rings (SSSR count). The van der Waals surface area contributed by atoms with E-state index in [9.17, 15) is 22.0 Å². The van der Waals surface area contributed by atoms with Crippen LogP contribution in [0.25, 0.3) is 0 Å². The van der Waals surface area contributed by atoms with Gasteiger partial charge in [-0.2, -0.15) is 4.31 Å². The SMILES string of the molecule is C[C@H](C(=O)NC1CC1)N1CCN(S(=O)(=O)c2cc(F)ccc2F)CC1. The number of nitrogens with one attached hydrogen (secondary N) is 1. The third-order valence-electron chi connectivity index (χ3n) is 4.64. The number of rotatable bonds is 5. The third kappa shape index (κ3) is 3.99. The van der Waals surface area contributed by atoms with Crippen molar-refractivity contribution >= 4 is 15.9 Å². The molecule has 1 saturated carbocycles. The molecule has 6 nitrogen and oxygen atoms in total. The lowest BCUT2D eigenvalue weighted by Crippen LogP contribution is -2.55. The van der Waals surface area contributed by atoms with Crippen LogP contribution in [0.4, 0.5) is 8.78 Å². The first kappa shape index (κ1) is 18.2. The minimum Gasteiger partial charge on any atom is -0.352 e. The number of hydrogen-bond acceptors (Lipinski definition) is 4. The molecule has 1 aliphatic carbocycles. The topological polar surface area (TPSA) is 69.7 Å². The van der Waals surface area contributed by atoms with Crippen molar-refractivity contribution in [3.05, 3.63) is 29.8 Å². The molecule has 0 spiro atoms. The maximum Gasteiger partial charge on any atom is 0.246 e. The summed E-state index contributed by atoms with van der Waals surface area (Å²) in [6, 6.07) is 2.31. The highest BCUT2D eigenvalue weighted by Crippen LogP contribution is 2.23. The van der Waals surface area contributed by atoms with Gasteiger partial charge in [-0.15, -0.1) is 0 Å². The molecule has 138 valence electrons. The second-order valence-corrected chi connectivity index (χ2v) is 8.38. The highest BCUT2D eigenvalue weighted by molar-refractivity contribution is 7.89. The van der Waals surface area contributed by atoms with E-state index in [2.05, 4.69) is 5.32 Å². The summed E-state index contributed by atoms with van der Waals surface area (Å²) in [6.07, 6.45) is 2.01. The Labute approximate surface area is 145 Å². The van der Waals surface area contributed by atoms with Crippen molar-refractivity contribution in [3.8, 4) is 0 Å². The van der Waals surface area contributed by atoms with E-state index in [4.69, 9.17) is 0 Å². The summed E-state index contributed by atoms with van der Waals surface area (Å²) in [4.78, 5) is 13.3. The molecule has 1 aromatic rings. The largest absolute Gasteiger partial charge is 0.352 e. The number of sulfonamides is 1. The van der Waals surface area contributed by atoms with Crippen molar-refractivity contribution in [2.45, 2.75) is 36.7 Å². The number of carbonyl (C=O) groups excluding carboxylic acids is 1. The number of piperazine rings is 1. The van der Waals surface area contributed by atoms with E-state index >= 15 is 0 Å². The van der Waals surface area contributed by atoms with E-state index in [0.29, 0.717) is 19.2 Å². The first-order valence-corrected chi connectivity index (χ1v) is 9.72. The van der Waals surface area contributed by atoms with Crippen LogP contribution in [-0.4, -0.2) is 61.8 Å². The standard InChI is InChI=1S/C16H21F2N3O3S/c1-11(16(22)19-13-3-4-13)20-6-8-21(9-7-20)25(23,24)15-10-12(17)2-5-14(15)18/h2,5,10-11,13H,3-4,6-9H2,1H3,(H,19,22)/t11-/m1/s1. The van der Waals surface area contributed by atoms with Crippen LogP contribution in [-0.2, 0) is 14.8 Å². The molecule has 1 aliphatic heterocycles. The van der Waals surface area contributed by atoms with Crippen LogP contribution in [0.5, 0.6) is 0 Å². The van der Waals surface area contributed by atoms with Crippen LogP contribution in [0.2, 0.25) is 0 Å². The summed E-state index contributed by atoms with van der Waals surface area (Å²) >= 11 is 0. The molecule has 2 aliphatic rings. The van der Waals surface area contributed by atoms with Crippen LogP contribution in [0.15, 0.2) is 23.1 Å². The second-order valence-electron chi connectivity index (χ2n) is 6.47. The first-order valence-electron chi connectivity index (χ1n) is 8.28. The average molecular weight is 373 g/mol. The zero-order valence-corrected chi connectivity index (χ0v) is 14.7. The molecular weight excluding hydrogens is 352 g/mol. The number of benzene rings is 1. The van der Waals surface area contributed by atoms with Crippen molar-refractivity contribution in [3.63, 3.8) is 0 Å². The van der Waals surface area contributed by atoms with Gasteiger partial charge in [-0.1, -0.05) is 0 Å². The van der Waals surface area contributed by atoms with E-state index < -0.39 is 26.6 Å². The lowest BCUT2D eigenvalue weighted by molar-refractivity contribution is -0.126. The summed E-state index contributed by atoms with van der Waals surface area (Å²) in [5, 5.41) is 2.93. The average Bonchev–Trinajstić information content (AvgIpc) is 3.40. The van der Waals surface area contributed by atoms with E-state index in [-0.39, 0.29) is 31.1 Å². The number of nitrogens with zero attached hydrogens (tertiary/aromatic N) is 2. The predicted octanol–water partition coefficient (Wildman–Crippen LogP) is 0.938. The summed E-state index contributed by atoms with van der Waals surface area (Å²) < 4.78 is 53.4. The Morgan fingerprint density at radius 2 is 1.84 bits per heavy atom. The van der Waals surface area contributed by atoms with Gasteiger partial charge in [0.2, 0.25) is 15.9 Å². The normalized spacial score (nSPS) is 21.1. The lowest BCUT2D eigenvalue weighted by Gasteiger charge is -2.36. The van der Waals surface area contributed by atoms with Crippen molar-refractivity contribution in [1.29, 1.82) is 0 Å². The van der Waals surface area contributed by atoms with Crippen molar-refractivity contribution in [1.82, 2.24) is 14.5 Å². The molecule has 1 amide bonds. The minimum atomic E-state index is -4.10. The van der Waals surface area contributed by atoms with Crippen molar-refractivity contribution < 1.29 is 22.0 Å². The fraction of sp³-hybridized carbons (Fsp3) is 0.562. The van der Waals surface area contributed by atoms with Crippen molar-refractivity contribution in [2.75, 3.05) is 26.2 Å². The first-order chi connectivity index (χ1) is 11.8. The molecule has 0 unspecified atom stereocenters. The number of amides is 1. The number of halogens is 2. The highest BCUT2D eigenvalue weighted by Gasteiger charge is 2.34. The molecular formula is C16H21F2N3O3S. The smallest absolute Gasteiger partial charge is 0.246 e. The monoisotopic (exact) mass is 373 g/mol. The molecule has 0 radical (unpaired) electrons. The fourth-order valence-corrected chi connectivity index (χ4v) is 4.36. The maximum absolute atomic E-state index is 13.8. The quantitative estimate of drug-likeness (QED) is 0.834. The Hall–Kier alpha value is -1.58.